The van der Waals surface area contributed by atoms with Gasteiger partial charge in [0.25, 0.3) is 0 Å². The van der Waals surface area contributed by atoms with Gasteiger partial charge in [0.2, 0.25) is 11.9 Å². The lowest BCUT2D eigenvalue weighted by molar-refractivity contribution is -0.119. The van der Waals surface area contributed by atoms with Crippen molar-refractivity contribution < 1.29 is 9.53 Å². The maximum absolute atomic E-state index is 12.7. The Balaban J connectivity index is 1.44. The number of amides is 1. The fraction of sp³-hybridized carbons (Fsp3) is 0.400. The summed E-state index contributed by atoms with van der Waals surface area (Å²) in [5.74, 6) is 1.09. The van der Waals surface area contributed by atoms with E-state index in [1.807, 2.05) is 25.1 Å². The largest absolute Gasteiger partial charge is 0.378 e. The molecule has 0 bridgehead atoms. The van der Waals surface area contributed by atoms with Crippen molar-refractivity contribution in [2.24, 2.45) is 0 Å². The Labute approximate surface area is 199 Å². The van der Waals surface area contributed by atoms with Gasteiger partial charge >= 0.3 is 0 Å². The summed E-state index contributed by atoms with van der Waals surface area (Å²) in [6.45, 7) is 9.78. The van der Waals surface area contributed by atoms with Crippen molar-refractivity contribution in [1.29, 1.82) is 0 Å². The van der Waals surface area contributed by atoms with Gasteiger partial charge in [0.05, 0.1) is 31.6 Å². The molecule has 1 atom stereocenters. The van der Waals surface area contributed by atoms with Gasteiger partial charge in [0, 0.05) is 13.1 Å². The molecular formula is C25H31N5O2S. The van der Waals surface area contributed by atoms with E-state index in [0.717, 1.165) is 29.8 Å². The van der Waals surface area contributed by atoms with Crippen LogP contribution in [0.2, 0.25) is 0 Å². The molecule has 1 aromatic heterocycles. The molecular weight excluding hydrogens is 434 g/mol. The second-order valence-electron chi connectivity index (χ2n) is 8.38. The van der Waals surface area contributed by atoms with Crippen LogP contribution in [-0.4, -0.2) is 52.7 Å². The molecule has 33 heavy (non-hydrogen) atoms. The second kappa shape index (κ2) is 10.9. The Morgan fingerprint density at radius 2 is 1.85 bits per heavy atom. The molecule has 0 saturated carbocycles. The monoisotopic (exact) mass is 465 g/mol. The number of benzene rings is 2. The van der Waals surface area contributed by atoms with Crippen LogP contribution in [0.4, 0.5) is 5.95 Å². The van der Waals surface area contributed by atoms with Crippen molar-refractivity contribution in [1.82, 2.24) is 20.1 Å². The molecule has 1 amide bonds. The number of anilines is 1. The van der Waals surface area contributed by atoms with E-state index in [0.29, 0.717) is 19.8 Å². The molecule has 1 unspecified atom stereocenters. The summed E-state index contributed by atoms with van der Waals surface area (Å²) in [5.41, 5.74) is 4.76. The molecule has 1 saturated heterocycles. The van der Waals surface area contributed by atoms with Crippen molar-refractivity contribution in [2.75, 3.05) is 37.0 Å². The minimum absolute atomic E-state index is 0.0205. The molecule has 174 valence electrons. The van der Waals surface area contributed by atoms with Crippen LogP contribution in [0, 0.1) is 13.8 Å². The van der Waals surface area contributed by atoms with Gasteiger partial charge in [-0.3, -0.25) is 9.36 Å². The highest BCUT2D eigenvalue weighted by molar-refractivity contribution is 7.99. The van der Waals surface area contributed by atoms with E-state index >= 15 is 0 Å². The van der Waals surface area contributed by atoms with Gasteiger partial charge in [-0.15, -0.1) is 10.2 Å². The number of aromatic nitrogens is 3. The summed E-state index contributed by atoms with van der Waals surface area (Å²) < 4.78 is 7.60. The number of rotatable bonds is 8. The van der Waals surface area contributed by atoms with Gasteiger partial charge in [0.1, 0.15) is 0 Å². The summed E-state index contributed by atoms with van der Waals surface area (Å²) in [6, 6.07) is 16.5. The summed E-state index contributed by atoms with van der Waals surface area (Å²) in [7, 11) is 0. The van der Waals surface area contributed by atoms with E-state index < -0.39 is 0 Å². The van der Waals surface area contributed by atoms with E-state index in [9.17, 15) is 4.79 Å². The van der Waals surface area contributed by atoms with Crippen LogP contribution >= 0.6 is 11.8 Å². The minimum atomic E-state index is -0.0523. The van der Waals surface area contributed by atoms with E-state index in [-0.39, 0.29) is 17.7 Å². The third-order valence-electron chi connectivity index (χ3n) is 5.92. The topological polar surface area (TPSA) is 72.3 Å². The molecule has 7 nitrogen and oxygen atoms in total. The third-order valence-corrected chi connectivity index (χ3v) is 6.88. The molecule has 4 rings (SSSR count). The molecule has 0 spiro atoms. The Kier molecular flexibility index (Phi) is 7.67. The average molecular weight is 466 g/mol. The fourth-order valence-corrected chi connectivity index (χ4v) is 4.56. The zero-order chi connectivity index (χ0) is 23.2. The zero-order valence-electron chi connectivity index (χ0n) is 19.5. The number of morpholine rings is 1. The Morgan fingerprint density at radius 1 is 1.09 bits per heavy atom. The maximum atomic E-state index is 12.7. The zero-order valence-corrected chi connectivity index (χ0v) is 20.3. The predicted octanol–water partition coefficient (Wildman–Crippen LogP) is 3.75. The average Bonchev–Trinajstić information content (AvgIpc) is 3.23. The lowest BCUT2D eigenvalue weighted by atomic mass is 10.0. The number of aryl methyl sites for hydroxylation is 2. The van der Waals surface area contributed by atoms with Crippen LogP contribution in [0.1, 0.15) is 35.2 Å². The van der Waals surface area contributed by atoms with Gasteiger partial charge in [-0.2, -0.15) is 0 Å². The highest BCUT2D eigenvalue weighted by atomic mass is 32.2. The standard InChI is InChI=1S/C25H31N5O2S/c1-18-9-10-22(15-19(18)2)20(3)26-23(31)17-33-25-28-27-24(29-11-13-32-14-12-29)30(25)16-21-7-5-4-6-8-21/h4-10,15,20H,11-14,16-17H2,1-3H3,(H,26,31). The van der Waals surface area contributed by atoms with Crippen LogP contribution in [0.15, 0.2) is 53.7 Å². The van der Waals surface area contributed by atoms with Crippen molar-refractivity contribution in [3.8, 4) is 0 Å². The molecule has 1 N–H and O–H groups in total. The number of nitrogens with zero attached hydrogens (tertiary/aromatic N) is 4. The number of ether oxygens (including phenoxy) is 1. The summed E-state index contributed by atoms with van der Waals surface area (Å²) in [6.07, 6.45) is 0. The number of carbonyl (C=O) groups excluding carboxylic acids is 1. The Morgan fingerprint density at radius 3 is 2.58 bits per heavy atom. The molecule has 3 aromatic rings. The van der Waals surface area contributed by atoms with Gasteiger partial charge in [-0.1, -0.05) is 60.3 Å². The van der Waals surface area contributed by atoms with Crippen LogP contribution in [0.3, 0.4) is 0 Å². The highest BCUT2D eigenvalue weighted by Gasteiger charge is 2.21. The number of nitrogens with one attached hydrogen (secondary N) is 1. The molecule has 2 aromatic carbocycles. The summed E-state index contributed by atoms with van der Waals surface area (Å²) in [4.78, 5) is 14.9. The lowest BCUT2D eigenvalue weighted by Crippen LogP contribution is -2.38. The van der Waals surface area contributed by atoms with Crippen LogP contribution < -0.4 is 10.2 Å². The third kappa shape index (κ3) is 5.94. The van der Waals surface area contributed by atoms with Gasteiger partial charge in [-0.25, -0.2) is 0 Å². The summed E-state index contributed by atoms with van der Waals surface area (Å²) in [5, 5.41) is 12.8. The van der Waals surface area contributed by atoms with E-state index in [2.05, 4.69) is 69.2 Å². The van der Waals surface area contributed by atoms with Gasteiger partial charge in [0.15, 0.2) is 5.16 Å². The molecule has 2 heterocycles. The highest BCUT2D eigenvalue weighted by Crippen LogP contribution is 2.24. The van der Waals surface area contributed by atoms with E-state index in [1.165, 1.54) is 28.5 Å². The van der Waals surface area contributed by atoms with Crippen molar-refractivity contribution in [2.45, 2.75) is 38.5 Å². The van der Waals surface area contributed by atoms with Gasteiger partial charge < -0.3 is 15.0 Å². The normalized spacial score (nSPS) is 14.8. The fourth-order valence-electron chi connectivity index (χ4n) is 3.82. The first-order chi connectivity index (χ1) is 16.0. The van der Waals surface area contributed by atoms with Crippen LogP contribution in [0.25, 0.3) is 0 Å². The predicted molar refractivity (Wildman–Crippen MR) is 132 cm³/mol. The molecule has 1 fully saturated rings. The minimum Gasteiger partial charge on any atom is -0.378 e. The van der Waals surface area contributed by atoms with Crippen molar-refractivity contribution in [3.05, 3.63) is 70.8 Å². The lowest BCUT2D eigenvalue weighted by Gasteiger charge is -2.28. The van der Waals surface area contributed by atoms with Crippen LogP contribution in [-0.2, 0) is 16.1 Å². The van der Waals surface area contributed by atoms with Gasteiger partial charge in [-0.05, 0) is 43.0 Å². The number of hydrogen-bond donors (Lipinski definition) is 1. The smallest absolute Gasteiger partial charge is 0.230 e. The summed E-state index contributed by atoms with van der Waals surface area (Å²) >= 11 is 1.42. The van der Waals surface area contributed by atoms with Crippen molar-refractivity contribution in [3.63, 3.8) is 0 Å². The quantitative estimate of drug-likeness (QED) is 0.511. The Bertz CT molecular complexity index is 1080. The second-order valence-corrected chi connectivity index (χ2v) is 9.32. The SMILES string of the molecule is Cc1ccc(C(C)NC(=O)CSc2nnc(N3CCOCC3)n2Cc2ccccc2)cc1C. The number of carbonyl (C=O) groups is 1. The first-order valence-corrected chi connectivity index (χ1v) is 12.3. The number of thioether (sulfide) groups is 1. The number of hydrogen-bond acceptors (Lipinski definition) is 6. The first-order valence-electron chi connectivity index (χ1n) is 11.3. The maximum Gasteiger partial charge on any atom is 0.230 e. The van der Waals surface area contributed by atoms with Crippen LogP contribution in [0.5, 0.6) is 0 Å². The molecule has 8 heteroatoms. The first kappa shape index (κ1) is 23.3. The molecule has 0 radical (unpaired) electrons. The molecule has 0 aliphatic carbocycles. The van der Waals surface area contributed by atoms with Crippen molar-refractivity contribution >= 4 is 23.6 Å². The van der Waals surface area contributed by atoms with E-state index in [1.54, 1.807) is 0 Å². The molecule has 1 aliphatic heterocycles. The Hall–Kier alpha value is -2.84. The molecule has 1 aliphatic rings. The van der Waals surface area contributed by atoms with E-state index in [4.69, 9.17) is 4.74 Å².